The molecule has 2 heterocycles. The number of hydrogen-bond donors (Lipinski definition) is 1. The SMILES string of the molecule is CCOc1ccc2c(c1)C(C)=CC(C)(C)N2C(=O)C[NH+]1CCN(C(C)=O)CC1. The van der Waals surface area contributed by atoms with E-state index < -0.39 is 0 Å². The minimum Gasteiger partial charge on any atom is -0.494 e. The first kappa shape index (κ1) is 20.4. The summed E-state index contributed by atoms with van der Waals surface area (Å²) in [5.74, 6) is 1.06. The molecule has 0 unspecified atom stereocenters. The van der Waals surface area contributed by atoms with E-state index in [1.54, 1.807) is 6.92 Å². The second-order valence-corrected chi connectivity index (χ2v) is 8.25. The third-order valence-corrected chi connectivity index (χ3v) is 5.66. The van der Waals surface area contributed by atoms with E-state index in [4.69, 9.17) is 4.74 Å². The number of nitrogens with zero attached hydrogens (tertiary/aromatic N) is 2. The van der Waals surface area contributed by atoms with Crippen LogP contribution in [-0.2, 0) is 9.59 Å². The lowest BCUT2D eigenvalue weighted by atomic mass is 9.88. The van der Waals surface area contributed by atoms with Crippen LogP contribution in [0.3, 0.4) is 0 Å². The van der Waals surface area contributed by atoms with Crippen molar-refractivity contribution < 1.29 is 19.2 Å². The van der Waals surface area contributed by atoms with Crippen molar-refractivity contribution in [2.45, 2.75) is 40.2 Å². The average molecular weight is 387 g/mol. The Labute approximate surface area is 167 Å². The molecule has 6 nitrogen and oxygen atoms in total. The Morgan fingerprint density at radius 3 is 2.50 bits per heavy atom. The maximum absolute atomic E-state index is 13.3. The van der Waals surface area contributed by atoms with Crippen molar-refractivity contribution in [1.29, 1.82) is 0 Å². The van der Waals surface area contributed by atoms with Gasteiger partial charge in [-0.2, -0.15) is 0 Å². The van der Waals surface area contributed by atoms with Gasteiger partial charge in [0.1, 0.15) is 5.75 Å². The highest BCUT2D eigenvalue weighted by Crippen LogP contribution is 2.40. The highest BCUT2D eigenvalue weighted by molar-refractivity contribution is 6.01. The van der Waals surface area contributed by atoms with Crippen LogP contribution >= 0.6 is 0 Å². The van der Waals surface area contributed by atoms with Crippen molar-refractivity contribution in [3.8, 4) is 5.75 Å². The fourth-order valence-electron chi connectivity index (χ4n) is 4.33. The smallest absolute Gasteiger partial charge is 0.282 e. The van der Waals surface area contributed by atoms with Gasteiger partial charge in [-0.05, 0) is 51.5 Å². The van der Waals surface area contributed by atoms with Crippen LogP contribution in [-0.4, -0.2) is 61.6 Å². The molecule has 0 radical (unpaired) electrons. The van der Waals surface area contributed by atoms with Gasteiger partial charge in [-0.15, -0.1) is 0 Å². The summed E-state index contributed by atoms with van der Waals surface area (Å²) in [7, 11) is 0. The van der Waals surface area contributed by atoms with Gasteiger partial charge in [0.25, 0.3) is 5.91 Å². The van der Waals surface area contributed by atoms with Crippen molar-refractivity contribution in [2.24, 2.45) is 0 Å². The fourth-order valence-corrected chi connectivity index (χ4v) is 4.33. The van der Waals surface area contributed by atoms with E-state index in [0.29, 0.717) is 26.2 Å². The van der Waals surface area contributed by atoms with Crippen molar-refractivity contribution in [1.82, 2.24) is 4.90 Å². The normalized spacial score (nSPS) is 19.1. The van der Waals surface area contributed by atoms with Gasteiger partial charge >= 0.3 is 0 Å². The summed E-state index contributed by atoms with van der Waals surface area (Å²) in [5, 5.41) is 0. The third-order valence-electron chi connectivity index (χ3n) is 5.66. The largest absolute Gasteiger partial charge is 0.494 e. The van der Waals surface area contributed by atoms with Crippen molar-refractivity contribution in [3.63, 3.8) is 0 Å². The number of amides is 2. The zero-order valence-electron chi connectivity index (χ0n) is 17.7. The summed E-state index contributed by atoms with van der Waals surface area (Å²) in [6.07, 6.45) is 2.16. The summed E-state index contributed by atoms with van der Waals surface area (Å²) < 4.78 is 5.65. The number of fused-ring (bicyclic) bond motifs is 1. The first-order valence-electron chi connectivity index (χ1n) is 10.1. The molecule has 1 saturated heterocycles. The van der Waals surface area contributed by atoms with E-state index in [1.807, 2.05) is 34.9 Å². The minimum atomic E-state index is -0.387. The Balaban J connectivity index is 1.81. The highest BCUT2D eigenvalue weighted by Gasteiger charge is 2.37. The van der Waals surface area contributed by atoms with Crippen LogP contribution in [0.1, 0.15) is 40.2 Å². The number of ether oxygens (including phenoxy) is 1. The molecule has 0 atom stereocenters. The Bertz CT molecular complexity index is 792. The summed E-state index contributed by atoms with van der Waals surface area (Å²) in [6.45, 7) is 13.9. The van der Waals surface area contributed by atoms with Crippen LogP contribution in [0.4, 0.5) is 5.69 Å². The van der Waals surface area contributed by atoms with Crippen molar-refractivity contribution in [3.05, 3.63) is 29.8 Å². The fraction of sp³-hybridized carbons (Fsp3) is 0.545. The Kier molecular flexibility index (Phi) is 5.79. The number of anilines is 1. The molecule has 0 bridgehead atoms. The van der Waals surface area contributed by atoms with Crippen molar-refractivity contribution in [2.75, 3.05) is 44.2 Å². The van der Waals surface area contributed by atoms with Gasteiger partial charge in [-0.1, -0.05) is 6.08 Å². The molecule has 1 N–H and O–H groups in total. The Morgan fingerprint density at radius 2 is 1.89 bits per heavy atom. The number of hydrogen-bond acceptors (Lipinski definition) is 3. The molecule has 3 rings (SSSR count). The molecule has 1 aromatic carbocycles. The van der Waals surface area contributed by atoms with Crippen LogP contribution in [0.25, 0.3) is 5.57 Å². The zero-order chi connectivity index (χ0) is 20.5. The quantitative estimate of drug-likeness (QED) is 0.850. The Morgan fingerprint density at radius 1 is 1.21 bits per heavy atom. The lowest BCUT2D eigenvalue weighted by Crippen LogP contribution is -3.16. The Hall–Kier alpha value is -2.34. The molecule has 152 valence electrons. The average Bonchev–Trinajstić information content (AvgIpc) is 2.62. The summed E-state index contributed by atoms with van der Waals surface area (Å²) in [6, 6.07) is 5.97. The van der Waals surface area contributed by atoms with Crippen LogP contribution in [0, 0.1) is 0 Å². The lowest BCUT2D eigenvalue weighted by Gasteiger charge is -2.42. The number of benzene rings is 1. The van der Waals surface area contributed by atoms with Crippen LogP contribution < -0.4 is 14.5 Å². The topological polar surface area (TPSA) is 54.3 Å². The number of carbonyl (C=O) groups is 2. The van der Waals surface area contributed by atoms with E-state index in [1.165, 1.54) is 4.90 Å². The second kappa shape index (κ2) is 7.95. The number of carbonyl (C=O) groups excluding carboxylic acids is 2. The lowest BCUT2D eigenvalue weighted by molar-refractivity contribution is -0.895. The molecule has 2 aliphatic rings. The van der Waals surface area contributed by atoms with E-state index in [0.717, 1.165) is 35.7 Å². The molecule has 0 aromatic heterocycles. The predicted molar refractivity (Wildman–Crippen MR) is 111 cm³/mol. The number of allylic oxidation sites excluding steroid dienone is 1. The maximum Gasteiger partial charge on any atom is 0.282 e. The monoisotopic (exact) mass is 386 g/mol. The molecule has 2 aliphatic heterocycles. The number of piperazine rings is 1. The molecule has 0 saturated carbocycles. The highest BCUT2D eigenvalue weighted by atomic mass is 16.5. The minimum absolute atomic E-state index is 0.113. The molecule has 0 spiro atoms. The molecular weight excluding hydrogens is 354 g/mol. The van der Waals surface area contributed by atoms with Gasteiger partial charge in [-0.3, -0.25) is 14.5 Å². The molecule has 0 aliphatic carbocycles. The van der Waals surface area contributed by atoms with E-state index >= 15 is 0 Å². The zero-order valence-corrected chi connectivity index (χ0v) is 17.7. The van der Waals surface area contributed by atoms with Gasteiger partial charge in [0.2, 0.25) is 5.91 Å². The molecule has 1 aromatic rings. The van der Waals surface area contributed by atoms with Gasteiger partial charge in [0, 0.05) is 12.5 Å². The number of nitrogens with one attached hydrogen (secondary N) is 1. The van der Waals surface area contributed by atoms with Crippen molar-refractivity contribution >= 4 is 23.1 Å². The van der Waals surface area contributed by atoms with Crippen LogP contribution in [0.5, 0.6) is 5.75 Å². The molecule has 6 heteroatoms. The number of rotatable bonds is 4. The van der Waals surface area contributed by atoms with Gasteiger partial charge < -0.3 is 14.5 Å². The van der Waals surface area contributed by atoms with Gasteiger partial charge in [0.05, 0.1) is 44.0 Å². The summed E-state index contributed by atoms with van der Waals surface area (Å²) >= 11 is 0. The van der Waals surface area contributed by atoms with E-state index in [2.05, 4.69) is 26.8 Å². The third kappa shape index (κ3) is 4.07. The number of quaternary nitrogens is 1. The van der Waals surface area contributed by atoms with Crippen LogP contribution in [0.15, 0.2) is 24.3 Å². The molecule has 2 amide bonds. The summed E-state index contributed by atoms with van der Waals surface area (Å²) in [5.41, 5.74) is 2.77. The molecular formula is C22H32N3O3+. The van der Waals surface area contributed by atoms with E-state index in [9.17, 15) is 9.59 Å². The molecule has 28 heavy (non-hydrogen) atoms. The standard InChI is InChI=1S/C22H31N3O3/c1-6-28-18-7-8-20-19(13-18)16(2)14-22(4,5)25(20)21(27)15-23-9-11-24(12-10-23)17(3)26/h7-8,13-14H,6,9-12,15H2,1-5H3/p+1. The predicted octanol–water partition coefficient (Wildman–Crippen LogP) is 1.36. The van der Waals surface area contributed by atoms with Crippen LogP contribution in [0.2, 0.25) is 0 Å². The first-order valence-corrected chi connectivity index (χ1v) is 10.1. The first-order chi connectivity index (χ1) is 13.2. The van der Waals surface area contributed by atoms with Gasteiger partial charge in [-0.25, -0.2) is 0 Å². The van der Waals surface area contributed by atoms with Gasteiger partial charge in [0.15, 0.2) is 6.54 Å². The molecule has 1 fully saturated rings. The maximum atomic E-state index is 13.3. The second-order valence-electron chi connectivity index (χ2n) is 8.25. The van der Waals surface area contributed by atoms with E-state index in [-0.39, 0.29) is 17.4 Å². The summed E-state index contributed by atoms with van der Waals surface area (Å²) in [4.78, 5) is 29.9.